The fourth-order valence-corrected chi connectivity index (χ4v) is 3.44. The molecule has 1 saturated carbocycles. The van der Waals surface area contributed by atoms with Crippen molar-refractivity contribution in [2.24, 2.45) is 5.92 Å². The van der Waals surface area contributed by atoms with Gasteiger partial charge in [-0.05, 0) is 54.8 Å². The lowest BCUT2D eigenvalue weighted by Crippen LogP contribution is -2.31. The zero-order valence-corrected chi connectivity index (χ0v) is 18.0. The van der Waals surface area contributed by atoms with Crippen molar-refractivity contribution < 1.29 is 14.3 Å². The van der Waals surface area contributed by atoms with Gasteiger partial charge in [-0.25, -0.2) is 0 Å². The molecule has 1 atom stereocenters. The molecule has 3 aromatic rings. The number of methoxy groups -OCH3 is 1. The zero-order chi connectivity index (χ0) is 22.3. The summed E-state index contributed by atoms with van der Waals surface area (Å²) in [5.41, 5.74) is 3.22. The number of hydrogen-bond acceptors (Lipinski definition) is 4. The van der Waals surface area contributed by atoms with Crippen molar-refractivity contribution in [3.05, 3.63) is 90.0 Å². The normalized spacial score (nSPS) is 13.7. The quantitative estimate of drug-likeness (QED) is 0.463. The number of anilines is 2. The summed E-state index contributed by atoms with van der Waals surface area (Å²) in [4.78, 5) is 24.6. The second kappa shape index (κ2) is 10.0. The van der Waals surface area contributed by atoms with E-state index >= 15 is 0 Å². The Morgan fingerprint density at radius 3 is 2.38 bits per heavy atom. The third kappa shape index (κ3) is 5.66. The van der Waals surface area contributed by atoms with Crippen molar-refractivity contribution in [3.8, 4) is 5.75 Å². The van der Waals surface area contributed by atoms with Crippen LogP contribution in [-0.2, 0) is 4.79 Å². The Balaban J connectivity index is 1.40. The van der Waals surface area contributed by atoms with Crippen LogP contribution in [0.1, 0.15) is 34.8 Å². The molecule has 1 fully saturated rings. The standard InChI is InChI=1S/C26H27N3O3/c1-32-23-9-5-8-22(16-23)28-24(18-6-3-2-4-7-18)17-27-25(30)19-12-14-21(15-13-19)29-26(31)20-10-11-20/h2-9,12-16,20,24,28H,10-11,17H2,1H3,(H,27,30)(H,29,31)/t24-/m1/s1. The molecule has 0 radical (unpaired) electrons. The highest BCUT2D eigenvalue weighted by Crippen LogP contribution is 2.30. The topological polar surface area (TPSA) is 79.5 Å². The van der Waals surface area contributed by atoms with E-state index < -0.39 is 0 Å². The SMILES string of the molecule is COc1cccc(N[C@H](CNC(=O)c2ccc(NC(=O)C3CC3)cc2)c2ccccc2)c1. The summed E-state index contributed by atoms with van der Waals surface area (Å²) in [6, 6.07) is 24.5. The summed E-state index contributed by atoms with van der Waals surface area (Å²) < 4.78 is 5.31. The van der Waals surface area contributed by atoms with Crippen LogP contribution in [0.4, 0.5) is 11.4 Å². The highest BCUT2D eigenvalue weighted by molar-refractivity contribution is 5.96. The lowest BCUT2D eigenvalue weighted by Gasteiger charge is -2.21. The van der Waals surface area contributed by atoms with Gasteiger partial charge in [0.1, 0.15) is 5.75 Å². The van der Waals surface area contributed by atoms with Gasteiger partial charge in [0.05, 0.1) is 13.2 Å². The van der Waals surface area contributed by atoms with Crippen LogP contribution in [0.25, 0.3) is 0 Å². The van der Waals surface area contributed by atoms with Gasteiger partial charge in [-0.15, -0.1) is 0 Å². The Morgan fingerprint density at radius 1 is 0.938 bits per heavy atom. The summed E-state index contributed by atoms with van der Waals surface area (Å²) >= 11 is 0. The molecule has 0 aliphatic heterocycles. The van der Waals surface area contributed by atoms with E-state index in [0.29, 0.717) is 17.8 Å². The minimum Gasteiger partial charge on any atom is -0.497 e. The number of ether oxygens (including phenoxy) is 1. The molecule has 32 heavy (non-hydrogen) atoms. The number of nitrogens with one attached hydrogen (secondary N) is 3. The molecule has 4 rings (SSSR count). The van der Waals surface area contributed by atoms with E-state index in [-0.39, 0.29) is 23.8 Å². The number of carbonyl (C=O) groups is 2. The summed E-state index contributed by atoms with van der Waals surface area (Å²) in [5, 5.41) is 9.38. The molecule has 1 aliphatic rings. The number of amides is 2. The minimum atomic E-state index is -0.168. The highest BCUT2D eigenvalue weighted by Gasteiger charge is 2.29. The average molecular weight is 430 g/mol. The van der Waals surface area contributed by atoms with Crippen molar-refractivity contribution in [3.63, 3.8) is 0 Å². The van der Waals surface area contributed by atoms with Gasteiger partial charge in [-0.3, -0.25) is 9.59 Å². The smallest absolute Gasteiger partial charge is 0.251 e. The maximum atomic E-state index is 12.7. The first kappa shape index (κ1) is 21.4. The van der Waals surface area contributed by atoms with Gasteiger partial charge in [0, 0.05) is 35.5 Å². The predicted molar refractivity (Wildman–Crippen MR) is 126 cm³/mol. The van der Waals surface area contributed by atoms with Crippen LogP contribution < -0.4 is 20.7 Å². The summed E-state index contributed by atoms with van der Waals surface area (Å²) in [7, 11) is 1.64. The lowest BCUT2D eigenvalue weighted by atomic mass is 10.1. The van der Waals surface area contributed by atoms with E-state index in [4.69, 9.17) is 4.74 Å². The molecule has 0 heterocycles. The second-order valence-corrected chi connectivity index (χ2v) is 7.89. The van der Waals surface area contributed by atoms with Gasteiger partial charge >= 0.3 is 0 Å². The lowest BCUT2D eigenvalue weighted by molar-refractivity contribution is -0.117. The fraction of sp³-hybridized carbons (Fsp3) is 0.231. The number of benzene rings is 3. The molecular formula is C26H27N3O3. The Hall–Kier alpha value is -3.80. The molecule has 0 spiro atoms. The van der Waals surface area contributed by atoms with E-state index in [1.165, 1.54) is 0 Å². The van der Waals surface area contributed by atoms with Crippen molar-refractivity contribution in [2.75, 3.05) is 24.3 Å². The van der Waals surface area contributed by atoms with Gasteiger partial charge in [0.2, 0.25) is 5.91 Å². The van der Waals surface area contributed by atoms with Crippen LogP contribution in [0.15, 0.2) is 78.9 Å². The molecule has 3 N–H and O–H groups in total. The predicted octanol–water partition coefficient (Wildman–Crippen LogP) is 4.63. The maximum Gasteiger partial charge on any atom is 0.251 e. The van der Waals surface area contributed by atoms with Crippen molar-refractivity contribution in [1.82, 2.24) is 5.32 Å². The Morgan fingerprint density at radius 2 is 1.69 bits per heavy atom. The van der Waals surface area contributed by atoms with E-state index in [1.807, 2.05) is 54.6 Å². The minimum absolute atomic E-state index is 0.0523. The van der Waals surface area contributed by atoms with Gasteiger partial charge < -0.3 is 20.7 Å². The monoisotopic (exact) mass is 429 g/mol. The summed E-state index contributed by atoms with van der Waals surface area (Å²) in [5.74, 6) is 0.791. The number of rotatable bonds is 9. The molecule has 0 bridgehead atoms. The zero-order valence-electron chi connectivity index (χ0n) is 18.0. The molecule has 1 aliphatic carbocycles. The first-order chi connectivity index (χ1) is 15.6. The molecule has 0 unspecified atom stereocenters. The van der Waals surface area contributed by atoms with Crippen LogP contribution in [-0.4, -0.2) is 25.5 Å². The molecule has 0 aromatic heterocycles. The first-order valence-corrected chi connectivity index (χ1v) is 10.8. The van der Waals surface area contributed by atoms with Gasteiger partial charge in [-0.1, -0.05) is 36.4 Å². The molecule has 164 valence electrons. The molecule has 2 amide bonds. The van der Waals surface area contributed by atoms with Crippen LogP contribution in [0.2, 0.25) is 0 Å². The molecule has 6 heteroatoms. The molecule has 6 nitrogen and oxygen atoms in total. The summed E-state index contributed by atoms with van der Waals surface area (Å²) in [6.07, 6.45) is 1.91. The van der Waals surface area contributed by atoms with E-state index in [9.17, 15) is 9.59 Å². The second-order valence-electron chi connectivity index (χ2n) is 7.89. The number of carbonyl (C=O) groups excluding carboxylic acids is 2. The average Bonchev–Trinajstić information content (AvgIpc) is 3.68. The summed E-state index contributed by atoms with van der Waals surface area (Å²) in [6.45, 7) is 0.403. The van der Waals surface area contributed by atoms with Gasteiger partial charge in [-0.2, -0.15) is 0 Å². The largest absolute Gasteiger partial charge is 0.497 e. The van der Waals surface area contributed by atoms with Crippen LogP contribution in [0.3, 0.4) is 0 Å². The molecular weight excluding hydrogens is 402 g/mol. The third-order valence-corrected chi connectivity index (χ3v) is 5.44. The fourth-order valence-electron chi connectivity index (χ4n) is 3.44. The van der Waals surface area contributed by atoms with Crippen LogP contribution in [0.5, 0.6) is 5.75 Å². The van der Waals surface area contributed by atoms with Crippen molar-refractivity contribution in [1.29, 1.82) is 0 Å². The van der Waals surface area contributed by atoms with Crippen molar-refractivity contribution >= 4 is 23.2 Å². The third-order valence-electron chi connectivity index (χ3n) is 5.44. The number of hydrogen-bond donors (Lipinski definition) is 3. The maximum absolute atomic E-state index is 12.7. The first-order valence-electron chi connectivity index (χ1n) is 10.8. The molecule has 0 saturated heterocycles. The molecule has 3 aromatic carbocycles. The highest BCUT2D eigenvalue weighted by atomic mass is 16.5. The Bertz CT molecular complexity index is 1060. The van der Waals surface area contributed by atoms with E-state index in [0.717, 1.165) is 29.8 Å². The van der Waals surface area contributed by atoms with Gasteiger partial charge in [0.25, 0.3) is 5.91 Å². The Labute approximate surface area is 188 Å². The van der Waals surface area contributed by atoms with Crippen molar-refractivity contribution in [2.45, 2.75) is 18.9 Å². The van der Waals surface area contributed by atoms with Crippen LogP contribution in [0, 0.1) is 5.92 Å². The van der Waals surface area contributed by atoms with E-state index in [1.54, 1.807) is 31.4 Å². The van der Waals surface area contributed by atoms with Gasteiger partial charge in [0.15, 0.2) is 0 Å². The van der Waals surface area contributed by atoms with E-state index in [2.05, 4.69) is 16.0 Å². The van der Waals surface area contributed by atoms with Crippen LogP contribution >= 0.6 is 0 Å². The Kier molecular flexibility index (Phi) is 6.70.